The minimum absolute atomic E-state index is 0.0337. The van der Waals surface area contributed by atoms with E-state index in [0.29, 0.717) is 5.04 Å². The predicted octanol–water partition coefficient (Wildman–Crippen LogP) is 4.54. The van der Waals surface area contributed by atoms with Gasteiger partial charge in [-0.25, -0.2) is 0 Å². The van der Waals surface area contributed by atoms with Gasteiger partial charge in [-0.1, -0.05) is 20.8 Å². The third-order valence-electron chi connectivity index (χ3n) is 3.25. The Morgan fingerprint density at radius 1 is 1.07 bits per heavy atom. The van der Waals surface area contributed by atoms with Crippen molar-refractivity contribution in [3.8, 4) is 0 Å². The van der Waals surface area contributed by atoms with Crippen molar-refractivity contribution in [1.82, 2.24) is 0 Å². The van der Waals surface area contributed by atoms with Crippen LogP contribution in [0.25, 0.3) is 0 Å². The van der Waals surface area contributed by atoms with Gasteiger partial charge in [0.2, 0.25) is 0 Å². The van der Waals surface area contributed by atoms with E-state index in [1.807, 2.05) is 11.8 Å². The van der Waals surface area contributed by atoms with E-state index in [9.17, 15) is 0 Å². The van der Waals surface area contributed by atoms with Gasteiger partial charge in [0, 0.05) is 0 Å². The first-order valence-corrected chi connectivity index (χ1v) is 10.0. The zero-order valence-corrected chi connectivity index (χ0v) is 13.5. The molecule has 0 saturated carbocycles. The molecule has 0 amide bonds. The van der Waals surface area contributed by atoms with Gasteiger partial charge in [-0.05, 0) is 50.4 Å². The van der Waals surface area contributed by atoms with Gasteiger partial charge >= 0.3 is 0 Å². The van der Waals surface area contributed by atoms with Crippen molar-refractivity contribution in [2.24, 2.45) is 0 Å². The summed E-state index contributed by atoms with van der Waals surface area (Å²) in [6.07, 6.45) is 3.29. The molecule has 0 bridgehead atoms. The third-order valence-corrected chi connectivity index (χ3v) is 8.53. The van der Waals surface area contributed by atoms with Crippen molar-refractivity contribution >= 4 is 20.1 Å². The standard InChI is InChI=1S/C12H28OSSi/c1-11(2,3)15(7,8)13-12(4,5)9-10-14-6/h9-10H2,1-8H3. The second-order valence-electron chi connectivity index (χ2n) is 6.36. The van der Waals surface area contributed by atoms with Crippen molar-refractivity contribution in [1.29, 1.82) is 0 Å². The summed E-state index contributed by atoms with van der Waals surface area (Å²) in [5, 5.41) is 0.309. The second kappa shape index (κ2) is 5.24. The predicted molar refractivity (Wildman–Crippen MR) is 75.4 cm³/mol. The zero-order valence-electron chi connectivity index (χ0n) is 11.7. The van der Waals surface area contributed by atoms with Crippen LogP contribution in [0.3, 0.4) is 0 Å². The van der Waals surface area contributed by atoms with Crippen molar-refractivity contribution in [3.05, 3.63) is 0 Å². The topological polar surface area (TPSA) is 9.23 Å². The van der Waals surface area contributed by atoms with Crippen molar-refractivity contribution in [2.45, 2.75) is 64.8 Å². The normalized spacial score (nSPS) is 14.4. The Hall–Kier alpha value is 0.527. The molecule has 0 aromatic heterocycles. The first-order chi connectivity index (χ1) is 6.52. The molecule has 0 radical (unpaired) electrons. The molecule has 0 fully saturated rings. The SMILES string of the molecule is CSCCC(C)(C)O[Si](C)(C)C(C)(C)C. The lowest BCUT2D eigenvalue weighted by Gasteiger charge is -2.42. The Bertz CT molecular complexity index is 194. The Morgan fingerprint density at radius 2 is 1.53 bits per heavy atom. The first-order valence-electron chi connectivity index (χ1n) is 5.71. The van der Waals surface area contributed by atoms with E-state index in [2.05, 4.69) is 54.0 Å². The molecular formula is C12H28OSSi. The number of rotatable bonds is 5. The molecule has 0 spiro atoms. The van der Waals surface area contributed by atoms with E-state index in [0.717, 1.165) is 6.42 Å². The fourth-order valence-corrected chi connectivity index (χ4v) is 3.73. The van der Waals surface area contributed by atoms with Gasteiger partial charge in [0.05, 0.1) is 5.60 Å². The quantitative estimate of drug-likeness (QED) is 0.661. The highest BCUT2D eigenvalue weighted by molar-refractivity contribution is 7.98. The molecule has 0 aromatic rings. The molecular weight excluding hydrogens is 220 g/mol. The summed E-state index contributed by atoms with van der Waals surface area (Å²) in [4.78, 5) is 0. The van der Waals surface area contributed by atoms with E-state index in [1.165, 1.54) is 5.75 Å². The van der Waals surface area contributed by atoms with E-state index in [1.54, 1.807) is 0 Å². The highest BCUT2D eigenvalue weighted by atomic mass is 32.2. The van der Waals surface area contributed by atoms with E-state index in [4.69, 9.17) is 4.43 Å². The minimum Gasteiger partial charge on any atom is -0.412 e. The maximum absolute atomic E-state index is 6.42. The van der Waals surface area contributed by atoms with Gasteiger partial charge < -0.3 is 4.43 Å². The molecule has 15 heavy (non-hydrogen) atoms. The Balaban J connectivity index is 4.43. The fraction of sp³-hybridized carbons (Fsp3) is 1.00. The first kappa shape index (κ1) is 15.5. The van der Waals surface area contributed by atoms with E-state index in [-0.39, 0.29) is 5.60 Å². The maximum atomic E-state index is 6.42. The van der Waals surface area contributed by atoms with Gasteiger partial charge in [-0.2, -0.15) is 11.8 Å². The lowest BCUT2D eigenvalue weighted by atomic mass is 10.1. The summed E-state index contributed by atoms with van der Waals surface area (Å²) >= 11 is 1.90. The highest BCUT2D eigenvalue weighted by Crippen LogP contribution is 2.39. The Morgan fingerprint density at radius 3 is 1.87 bits per heavy atom. The molecule has 0 unspecified atom stereocenters. The molecule has 0 aromatic carbocycles. The summed E-state index contributed by atoms with van der Waals surface area (Å²) < 4.78 is 6.42. The third kappa shape index (κ3) is 5.41. The van der Waals surface area contributed by atoms with Crippen molar-refractivity contribution in [2.75, 3.05) is 12.0 Å². The molecule has 1 nitrogen and oxygen atoms in total. The molecule has 0 aliphatic carbocycles. The van der Waals surface area contributed by atoms with Gasteiger partial charge in [-0.3, -0.25) is 0 Å². The Kier molecular flexibility index (Phi) is 5.42. The van der Waals surface area contributed by atoms with Gasteiger partial charge in [0.1, 0.15) is 0 Å². The summed E-state index contributed by atoms with van der Waals surface area (Å²) in [6, 6.07) is 0. The van der Waals surface area contributed by atoms with Crippen LogP contribution < -0.4 is 0 Å². The lowest BCUT2D eigenvalue weighted by molar-refractivity contribution is 0.0889. The average molecular weight is 249 g/mol. The average Bonchev–Trinajstić information content (AvgIpc) is 1.96. The molecule has 3 heteroatoms. The van der Waals surface area contributed by atoms with Crippen molar-refractivity contribution in [3.63, 3.8) is 0 Å². The van der Waals surface area contributed by atoms with Gasteiger partial charge in [0.15, 0.2) is 8.32 Å². The number of hydrogen-bond acceptors (Lipinski definition) is 2. The van der Waals surface area contributed by atoms with Crippen LogP contribution in [0.15, 0.2) is 0 Å². The zero-order chi connectivity index (χ0) is 12.3. The second-order valence-corrected chi connectivity index (χ2v) is 12.1. The molecule has 0 heterocycles. The van der Waals surface area contributed by atoms with Crippen LogP contribution in [0, 0.1) is 0 Å². The molecule has 0 aliphatic heterocycles. The van der Waals surface area contributed by atoms with Gasteiger partial charge in [-0.15, -0.1) is 0 Å². The summed E-state index contributed by atoms with van der Waals surface area (Å²) in [7, 11) is -1.60. The fourth-order valence-electron chi connectivity index (χ4n) is 1.24. The van der Waals surface area contributed by atoms with E-state index >= 15 is 0 Å². The lowest BCUT2D eigenvalue weighted by Crippen LogP contribution is -2.47. The summed E-state index contributed by atoms with van der Waals surface area (Å²) in [5.74, 6) is 1.18. The molecule has 92 valence electrons. The van der Waals surface area contributed by atoms with Crippen LogP contribution in [-0.4, -0.2) is 25.9 Å². The van der Waals surface area contributed by atoms with Crippen LogP contribution in [0.4, 0.5) is 0 Å². The number of thioether (sulfide) groups is 1. The smallest absolute Gasteiger partial charge is 0.192 e. The maximum Gasteiger partial charge on any atom is 0.192 e. The monoisotopic (exact) mass is 248 g/mol. The van der Waals surface area contributed by atoms with Crippen LogP contribution in [0.5, 0.6) is 0 Å². The van der Waals surface area contributed by atoms with Crippen LogP contribution >= 0.6 is 11.8 Å². The van der Waals surface area contributed by atoms with Crippen molar-refractivity contribution < 1.29 is 4.43 Å². The highest BCUT2D eigenvalue weighted by Gasteiger charge is 2.41. The Labute approximate surface area is 101 Å². The van der Waals surface area contributed by atoms with Crippen LogP contribution in [0.2, 0.25) is 18.1 Å². The molecule has 0 saturated heterocycles. The minimum atomic E-state index is -1.60. The largest absolute Gasteiger partial charge is 0.412 e. The van der Waals surface area contributed by atoms with Gasteiger partial charge in [0.25, 0.3) is 0 Å². The number of hydrogen-bond donors (Lipinski definition) is 0. The van der Waals surface area contributed by atoms with E-state index < -0.39 is 8.32 Å². The molecule has 0 N–H and O–H groups in total. The molecule has 0 rings (SSSR count). The molecule has 0 aliphatic rings. The summed E-state index contributed by atoms with van der Waals surface area (Å²) in [6.45, 7) is 16.0. The van der Waals surface area contributed by atoms with Crippen LogP contribution in [0.1, 0.15) is 41.0 Å². The summed E-state index contributed by atoms with van der Waals surface area (Å²) in [5.41, 5.74) is 0.0337. The van der Waals surface area contributed by atoms with Crippen LogP contribution in [-0.2, 0) is 4.43 Å². The molecule has 0 atom stereocenters.